The van der Waals surface area contributed by atoms with Crippen molar-refractivity contribution in [2.24, 2.45) is 0 Å². The van der Waals surface area contributed by atoms with Gasteiger partial charge in [0.25, 0.3) is 5.89 Å². The number of hydrogen-bond donors (Lipinski definition) is 0. The first-order chi connectivity index (χ1) is 7.18. The molecule has 0 aromatic carbocycles. The predicted molar refractivity (Wildman–Crippen MR) is 51.6 cm³/mol. The smallest absolute Gasteiger partial charge is 0.252 e. The molecule has 0 saturated heterocycles. The van der Waals surface area contributed by atoms with Gasteiger partial charge in [0.1, 0.15) is 0 Å². The SMILES string of the molecule is CC(C)c1nnc(-c2cccnc2F)o1. The molecule has 0 aliphatic heterocycles. The summed E-state index contributed by atoms with van der Waals surface area (Å²) in [7, 11) is 0. The molecular weight excluding hydrogens is 197 g/mol. The highest BCUT2D eigenvalue weighted by molar-refractivity contribution is 5.51. The van der Waals surface area contributed by atoms with E-state index in [4.69, 9.17) is 4.42 Å². The number of pyridine rings is 1. The van der Waals surface area contributed by atoms with Crippen molar-refractivity contribution in [3.8, 4) is 11.5 Å². The molecule has 0 aliphatic rings. The summed E-state index contributed by atoms with van der Waals surface area (Å²) >= 11 is 0. The minimum atomic E-state index is -0.601. The van der Waals surface area contributed by atoms with Crippen molar-refractivity contribution in [2.45, 2.75) is 19.8 Å². The number of hydrogen-bond acceptors (Lipinski definition) is 4. The zero-order valence-corrected chi connectivity index (χ0v) is 8.44. The van der Waals surface area contributed by atoms with Crippen LogP contribution in [0.15, 0.2) is 22.7 Å². The lowest BCUT2D eigenvalue weighted by molar-refractivity contribution is 0.476. The van der Waals surface area contributed by atoms with Crippen LogP contribution in [0, 0.1) is 5.95 Å². The third-order valence-electron chi connectivity index (χ3n) is 1.92. The summed E-state index contributed by atoms with van der Waals surface area (Å²) in [4.78, 5) is 3.52. The van der Waals surface area contributed by atoms with E-state index in [2.05, 4.69) is 15.2 Å². The molecule has 0 radical (unpaired) electrons. The van der Waals surface area contributed by atoms with Gasteiger partial charge in [-0.1, -0.05) is 13.8 Å². The quantitative estimate of drug-likeness (QED) is 0.709. The molecule has 2 heterocycles. The van der Waals surface area contributed by atoms with E-state index in [1.54, 1.807) is 12.1 Å². The number of nitrogens with zero attached hydrogens (tertiary/aromatic N) is 3. The van der Waals surface area contributed by atoms with Crippen molar-refractivity contribution in [1.82, 2.24) is 15.2 Å². The molecule has 0 spiro atoms. The van der Waals surface area contributed by atoms with E-state index in [0.717, 1.165) is 0 Å². The Balaban J connectivity index is 2.42. The molecule has 0 fully saturated rings. The van der Waals surface area contributed by atoms with Gasteiger partial charge in [-0.2, -0.15) is 4.39 Å². The Morgan fingerprint density at radius 2 is 2.13 bits per heavy atom. The molecule has 2 aromatic rings. The molecule has 0 atom stereocenters. The molecule has 0 bridgehead atoms. The van der Waals surface area contributed by atoms with Gasteiger partial charge in [-0.15, -0.1) is 10.2 Å². The maximum absolute atomic E-state index is 13.2. The van der Waals surface area contributed by atoms with Gasteiger partial charge in [0, 0.05) is 12.1 Å². The van der Waals surface area contributed by atoms with Crippen molar-refractivity contribution < 1.29 is 8.81 Å². The number of halogens is 1. The number of rotatable bonds is 2. The molecular formula is C10H10FN3O. The topological polar surface area (TPSA) is 51.8 Å². The summed E-state index contributed by atoms with van der Waals surface area (Å²) in [5.74, 6) is 0.194. The fourth-order valence-electron chi connectivity index (χ4n) is 1.12. The van der Waals surface area contributed by atoms with Crippen LogP contribution in [0.25, 0.3) is 11.5 Å². The third kappa shape index (κ3) is 1.86. The maximum atomic E-state index is 13.2. The Morgan fingerprint density at radius 3 is 2.73 bits per heavy atom. The van der Waals surface area contributed by atoms with Crippen molar-refractivity contribution >= 4 is 0 Å². The van der Waals surface area contributed by atoms with Crippen LogP contribution in [-0.2, 0) is 0 Å². The van der Waals surface area contributed by atoms with Crippen LogP contribution >= 0.6 is 0 Å². The van der Waals surface area contributed by atoms with Gasteiger partial charge >= 0.3 is 0 Å². The highest BCUT2D eigenvalue weighted by Crippen LogP contribution is 2.22. The maximum Gasteiger partial charge on any atom is 0.252 e. The van der Waals surface area contributed by atoms with Gasteiger partial charge in [-0.05, 0) is 12.1 Å². The highest BCUT2D eigenvalue weighted by atomic mass is 19.1. The molecule has 2 aromatic heterocycles. The van der Waals surface area contributed by atoms with Crippen LogP contribution in [0.4, 0.5) is 4.39 Å². The van der Waals surface area contributed by atoms with E-state index in [1.807, 2.05) is 13.8 Å². The van der Waals surface area contributed by atoms with Gasteiger partial charge in [0.05, 0.1) is 5.56 Å². The third-order valence-corrected chi connectivity index (χ3v) is 1.92. The Kier molecular flexibility index (Phi) is 2.45. The highest BCUT2D eigenvalue weighted by Gasteiger charge is 2.14. The lowest BCUT2D eigenvalue weighted by Crippen LogP contribution is -1.87. The molecule has 0 unspecified atom stereocenters. The molecule has 0 saturated carbocycles. The normalized spacial score (nSPS) is 10.9. The summed E-state index contributed by atoms with van der Waals surface area (Å²) in [6, 6.07) is 3.18. The van der Waals surface area contributed by atoms with Crippen molar-refractivity contribution in [3.05, 3.63) is 30.2 Å². The Hall–Kier alpha value is -1.78. The van der Waals surface area contributed by atoms with Crippen LogP contribution in [0.2, 0.25) is 0 Å². The van der Waals surface area contributed by atoms with Gasteiger partial charge in [0.15, 0.2) is 0 Å². The van der Waals surface area contributed by atoms with E-state index >= 15 is 0 Å². The Bertz CT molecular complexity index is 467. The monoisotopic (exact) mass is 207 g/mol. The minimum Gasteiger partial charge on any atom is -0.420 e. The van der Waals surface area contributed by atoms with Gasteiger partial charge < -0.3 is 4.42 Å². The molecule has 4 nitrogen and oxygen atoms in total. The predicted octanol–water partition coefficient (Wildman–Crippen LogP) is 2.39. The minimum absolute atomic E-state index is 0.131. The molecule has 0 amide bonds. The average molecular weight is 207 g/mol. The van der Waals surface area contributed by atoms with Crippen LogP contribution in [0.1, 0.15) is 25.7 Å². The average Bonchev–Trinajstić information content (AvgIpc) is 2.67. The van der Waals surface area contributed by atoms with E-state index < -0.39 is 5.95 Å². The van der Waals surface area contributed by atoms with E-state index in [9.17, 15) is 4.39 Å². The van der Waals surface area contributed by atoms with Crippen LogP contribution in [0.3, 0.4) is 0 Å². The molecule has 78 valence electrons. The fourth-order valence-corrected chi connectivity index (χ4v) is 1.12. The van der Waals surface area contributed by atoms with Crippen molar-refractivity contribution in [1.29, 1.82) is 0 Å². The summed E-state index contributed by atoms with van der Waals surface area (Å²) in [6.45, 7) is 3.85. The Labute approximate surface area is 86.2 Å². The second kappa shape index (κ2) is 3.76. The molecule has 15 heavy (non-hydrogen) atoms. The lowest BCUT2D eigenvalue weighted by Gasteiger charge is -1.96. The van der Waals surface area contributed by atoms with E-state index in [0.29, 0.717) is 5.89 Å². The summed E-state index contributed by atoms with van der Waals surface area (Å²) in [6.07, 6.45) is 1.37. The summed E-state index contributed by atoms with van der Waals surface area (Å²) in [5.41, 5.74) is 0.233. The molecule has 5 heteroatoms. The second-order valence-corrected chi connectivity index (χ2v) is 3.44. The van der Waals surface area contributed by atoms with Crippen molar-refractivity contribution in [3.63, 3.8) is 0 Å². The fraction of sp³-hybridized carbons (Fsp3) is 0.300. The van der Waals surface area contributed by atoms with Gasteiger partial charge in [-0.25, -0.2) is 4.98 Å². The molecule has 2 rings (SSSR count). The van der Waals surface area contributed by atoms with Gasteiger partial charge in [0.2, 0.25) is 11.8 Å². The lowest BCUT2D eigenvalue weighted by atomic mass is 10.2. The van der Waals surface area contributed by atoms with Gasteiger partial charge in [-0.3, -0.25) is 0 Å². The van der Waals surface area contributed by atoms with Crippen LogP contribution in [0.5, 0.6) is 0 Å². The van der Waals surface area contributed by atoms with Crippen LogP contribution < -0.4 is 0 Å². The van der Waals surface area contributed by atoms with Crippen molar-refractivity contribution in [2.75, 3.05) is 0 Å². The molecule has 0 aliphatic carbocycles. The summed E-state index contributed by atoms with van der Waals surface area (Å²) < 4.78 is 18.6. The first-order valence-corrected chi connectivity index (χ1v) is 4.62. The zero-order chi connectivity index (χ0) is 10.8. The Morgan fingerprint density at radius 1 is 1.33 bits per heavy atom. The zero-order valence-electron chi connectivity index (χ0n) is 8.44. The number of aromatic nitrogens is 3. The van der Waals surface area contributed by atoms with E-state index in [-0.39, 0.29) is 17.4 Å². The first kappa shape index (κ1) is 9.76. The molecule has 0 N–H and O–H groups in total. The van der Waals surface area contributed by atoms with E-state index in [1.165, 1.54) is 6.20 Å². The largest absolute Gasteiger partial charge is 0.420 e. The standard InChI is InChI=1S/C10H10FN3O/c1-6(2)9-13-14-10(15-9)7-4-3-5-12-8(7)11/h3-6H,1-2H3. The van der Waals surface area contributed by atoms with Crippen LogP contribution in [-0.4, -0.2) is 15.2 Å². The summed E-state index contributed by atoms with van der Waals surface area (Å²) in [5, 5.41) is 7.59. The first-order valence-electron chi connectivity index (χ1n) is 4.62. The second-order valence-electron chi connectivity index (χ2n) is 3.44.